The second kappa shape index (κ2) is 7.31. The standard InChI is InChI=1S/C17H19N3O3/c1-12(11-16(21)22)20(17(18)23)15-9-7-14(8-10-15)19-13-5-3-2-4-6-13/h2-10,12,19H,11H2,1H3,(H2,18,23)(H,21,22)/t12-/m0/s1. The van der Waals surface area contributed by atoms with Crippen LogP contribution in [0.2, 0.25) is 0 Å². The summed E-state index contributed by atoms with van der Waals surface area (Å²) in [5.74, 6) is -0.980. The van der Waals surface area contributed by atoms with Gasteiger partial charge in [-0.25, -0.2) is 4.79 Å². The Morgan fingerprint density at radius 3 is 2.17 bits per heavy atom. The number of primary amides is 1. The molecule has 2 aromatic carbocycles. The summed E-state index contributed by atoms with van der Waals surface area (Å²) in [4.78, 5) is 23.8. The molecule has 0 saturated carbocycles. The van der Waals surface area contributed by atoms with Crippen molar-refractivity contribution in [3.05, 3.63) is 54.6 Å². The molecule has 0 aromatic heterocycles. The zero-order valence-corrected chi connectivity index (χ0v) is 12.8. The van der Waals surface area contributed by atoms with Gasteiger partial charge in [0.2, 0.25) is 0 Å². The summed E-state index contributed by atoms with van der Waals surface area (Å²) in [6, 6.07) is 15.6. The number of carboxylic acids is 1. The molecule has 6 nitrogen and oxygen atoms in total. The molecule has 0 radical (unpaired) electrons. The molecule has 2 amide bonds. The lowest BCUT2D eigenvalue weighted by Gasteiger charge is -2.26. The van der Waals surface area contributed by atoms with Gasteiger partial charge in [-0.15, -0.1) is 0 Å². The summed E-state index contributed by atoms with van der Waals surface area (Å²) < 4.78 is 0. The highest BCUT2D eigenvalue weighted by Gasteiger charge is 2.21. The minimum Gasteiger partial charge on any atom is -0.481 e. The summed E-state index contributed by atoms with van der Waals surface area (Å²) in [6.07, 6.45) is -0.174. The Labute approximate surface area is 134 Å². The zero-order valence-electron chi connectivity index (χ0n) is 12.8. The van der Waals surface area contributed by atoms with Gasteiger partial charge in [0.25, 0.3) is 0 Å². The van der Waals surface area contributed by atoms with Crippen LogP contribution in [0.25, 0.3) is 0 Å². The predicted molar refractivity (Wildman–Crippen MR) is 89.9 cm³/mol. The van der Waals surface area contributed by atoms with Crippen molar-refractivity contribution in [1.29, 1.82) is 0 Å². The molecular weight excluding hydrogens is 294 g/mol. The minimum atomic E-state index is -0.980. The predicted octanol–water partition coefficient (Wildman–Crippen LogP) is 3.18. The summed E-state index contributed by atoms with van der Waals surface area (Å²) in [6.45, 7) is 1.65. The third-order valence-corrected chi connectivity index (χ3v) is 3.36. The molecular formula is C17H19N3O3. The molecule has 0 aliphatic rings. The quantitative estimate of drug-likeness (QED) is 0.763. The van der Waals surface area contributed by atoms with Crippen molar-refractivity contribution < 1.29 is 14.7 Å². The Hall–Kier alpha value is -3.02. The normalized spacial score (nSPS) is 11.5. The topological polar surface area (TPSA) is 95.7 Å². The van der Waals surface area contributed by atoms with Crippen LogP contribution in [0, 0.1) is 0 Å². The van der Waals surface area contributed by atoms with Gasteiger partial charge in [0, 0.05) is 23.1 Å². The molecule has 0 fully saturated rings. The number of carboxylic acid groups (broad SMARTS) is 1. The average Bonchev–Trinajstić information content (AvgIpc) is 2.49. The first-order chi connectivity index (χ1) is 11.0. The van der Waals surface area contributed by atoms with Crippen molar-refractivity contribution in [3.8, 4) is 0 Å². The smallest absolute Gasteiger partial charge is 0.319 e. The van der Waals surface area contributed by atoms with E-state index in [2.05, 4.69) is 5.32 Å². The Bertz CT molecular complexity index is 671. The fourth-order valence-corrected chi connectivity index (χ4v) is 2.34. The maximum absolute atomic E-state index is 11.6. The maximum Gasteiger partial charge on any atom is 0.319 e. The lowest BCUT2D eigenvalue weighted by Crippen LogP contribution is -2.43. The minimum absolute atomic E-state index is 0.174. The monoisotopic (exact) mass is 313 g/mol. The highest BCUT2D eigenvalue weighted by molar-refractivity contribution is 5.92. The van der Waals surface area contributed by atoms with Crippen LogP contribution in [0.5, 0.6) is 0 Å². The lowest BCUT2D eigenvalue weighted by atomic mass is 10.1. The van der Waals surface area contributed by atoms with Gasteiger partial charge >= 0.3 is 12.0 Å². The summed E-state index contributed by atoms with van der Waals surface area (Å²) in [7, 11) is 0. The summed E-state index contributed by atoms with van der Waals surface area (Å²) >= 11 is 0. The Morgan fingerprint density at radius 2 is 1.65 bits per heavy atom. The van der Waals surface area contributed by atoms with E-state index in [4.69, 9.17) is 10.8 Å². The number of aliphatic carboxylic acids is 1. The molecule has 0 saturated heterocycles. The molecule has 0 heterocycles. The van der Waals surface area contributed by atoms with Gasteiger partial charge in [-0.1, -0.05) is 18.2 Å². The number of benzene rings is 2. The number of nitrogens with zero attached hydrogens (tertiary/aromatic N) is 1. The number of hydrogen-bond acceptors (Lipinski definition) is 3. The van der Waals surface area contributed by atoms with Crippen LogP contribution < -0.4 is 16.0 Å². The Kier molecular flexibility index (Phi) is 5.19. The third-order valence-electron chi connectivity index (χ3n) is 3.36. The fourth-order valence-electron chi connectivity index (χ4n) is 2.34. The SMILES string of the molecule is C[C@@H](CC(=O)O)N(C(N)=O)c1ccc(Nc2ccccc2)cc1. The van der Waals surface area contributed by atoms with Gasteiger partial charge in [0.05, 0.1) is 6.42 Å². The van der Waals surface area contributed by atoms with E-state index in [1.165, 1.54) is 4.90 Å². The number of amides is 2. The highest BCUT2D eigenvalue weighted by atomic mass is 16.4. The molecule has 2 rings (SSSR count). The van der Waals surface area contributed by atoms with Gasteiger partial charge in [-0.2, -0.15) is 0 Å². The van der Waals surface area contributed by atoms with E-state index in [-0.39, 0.29) is 6.42 Å². The van der Waals surface area contributed by atoms with Gasteiger partial charge in [-0.05, 0) is 43.3 Å². The van der Waals surface area contributed by atoms with E-state index < -0.39 is 18.0 Å². The summed E-state index contributed by atoms with van der Waals surface area (Å²) in [5.41, 5.74) is 7.75. The van der Waals surface area contributed by atoms with Crippen molar-refractivity contribution in [2.24, 2.45) is 5.73 Å². The van der Waals surface area contributed by atoms with Crippen LogP contribution in [0.15, 0.2) is 54.6 Å². The van der Waals surface area contributed by atoms with Crippen LogP contribution >= 0.6 is 0 Å². The molecule has 0 aliphatic heterocycles. The van der Waals surface area contributed by atoms with E-state index in [9.17, 15) is 9.59 Å². The molecule has 1 atom stereocenters. The number of hydrogen-bond donors (Lipinski definition) is 3. The molecule has 0 aliphatic carbocycles. The second-order valence-electron chi connectivity index (χ2n) is 5.19. The summed E-state index contributed by atoms with van der Waals surface area (Å²) in [5, 5.41) is 12.1. The van der Waals surface area contributed by atoms with Crippen LogP contribution in [-0.2, 0) is 4.79 Å². The Morgan fingerprint density at radius 1 is 1.09 bits per heavy atom. The van der Waals surface area contributed by atoms with Crippen molar-refractivity contribution in [1.82, 2.24) is 0 Å². The number of para-hydroxylation sites is 1. The lowest BCUT2D eigenvalue weighted by molar-refractivity contribution is -0.137. The van der Waals surface area contributed by atoms with Crippen molar-refractivity contribution in [3.63, 3.8) is 0 Å². The van der Waals surface area contributed by atoms with Gasteiger partial charge in [0.15, 0.2) is 0 Å². The van der Waals surface area contributed by atoms with Gasteiger partial charge in [-0.3, -0.25) is 9.69 Å². The number of carbonyl (C=O) groups excluding carboxylic acids is 1. The highest BCUT2D eigenvalue weighted by Crippen LogP contribution is 2.23. The number of anilines is 3. The van der Waals surface area contributed by atoms with E-state index >= 15 is 0 Å². The van der Waals surface area contributed by atoms with E-state index in [0.29, 0.717) is 5.69 Å². The number of carbonyl (C=O) groups is 2. The fraction of sp³-hybridized carbons (Fsp3) is 0.176. The largest absolute Gasteiger partial charge is 0.481 e. The second-order valence-corrected chi connectivity index (χ2v) is 5.19. The number of nitrogens with one attached hydrogen (secondary N) is 1. The van der Waals surface area contributed by atoms with Crippen molar-refractivity contribution in [2.75, 3.05) is 10.2 Å². The molecule has 0 unspecified atom stereocenters. The first-order valence-electron chi connectivity index (χ1n) is 7.20. The molecule has 0 bridgehead atoms. The molecule has 23 heavy (non-hydrogen) atoms. The van der Waals surface area contributed by atoms with E-state index in [0.717, 1.165) is 11.4 Å². The van der Waals surface area contributed by atoms with Crippen molar-refractivity contribution >= 4 is 29.1 Å². The third kappa shape index (κ3) is 4.47. The first kappa shape index (κ1) is 16.4. The van der Waals surface area contributed by atoms with Crippen LogP contribution in [-0.4, -0.2) is 23.1 Å². The molecule has 120 valence electrons. The van der Waals surface area contributed by atoms with E-state index in [1.54, 1.807) is 19.1 Å². The zero-order chi connectivity index (χ0) is 16.8. The number of nitrogens with two attached hydrogens (primary N) is 1. The average molecular weight is 313 g/mol. The molecule has 6 heteroatoms. The number of urea groups is 1. The van der Waals surface area contributed by atoms with Crippen LogP contribution in [0.1, 0.15) is 13.3 Å². The maximum atomic E-state index is 11.6. The molecule has 4 N–H and O–H groups in total. The van der Waals surface area contributed by atoms with Crippen LogP contribution in [0.3, 0.4) is 0 Å². The molecule has 0 spiro atoms. The van der Waals surface area contributed by atoms with Crippen molar-refractivity contribution in [2.45, 2.75) is 19.4 Å². The van der Waals surface area contributed by atoms with Gasteiger partial charge < -0.3 is 16.2 Å². The molecule has 2 aromatic rings. The van der Waals surface area contributed by atoms with Crippen LogP contribution in [0.4, 0.5) is 21.9 Å². The number of rotatable bonds is 6. The Balaban J connectivity index is 2.15. The van der Waals surface area contributed by atoms with Gasteiger partial charge in [0.1, 0.15) is 0 Å². The first-order valence-corrected chi connectivity index (χ1v) is 7.20. The van der Waals surface area contributed by atoms with E-state index in [1.807, 2.05) is 42.5 Å².